The van der Waals surface area contributed by atoms with Crippen LogP contribution in [0.2, 0.25) is 0 Å². The third kappa shape index (κ3) is 6.61. The van der Waals surface area contributed by atoms with E-state index in [0.717, 1.165) is 30.6 Å². The second-order valence-electron chi connectivity index (χ2n) is 6.38. The Balaban J connectivity index is 1.73. The summed E-state index contributed by atoms with van der Waals surface area (Å²) in [5.74, 6) is 0.506. The number of benzene rings is 1. The summed E-state index contributed by atoms with van der Waals surface area (Å²) < 4.78 is 10.4. The number of esters is 1. The van der Waals surface area contributed by atoms with Crippen molar-refractivity contribution in [3.63, 3.8) is 0 Å². The number of hydrogen-bond donors (Lipinski definition) is 1. The van der Waals surface area contributed by atoms with Crippen molar-refractivity contribution in [3.8, 4) is 5.75 Å². The fraction of sp³-hybridized carbons (Fsp3) is 0.500. The smallest absolute Gasteiger partial charge is 0.331 e. The molecule has 1 aromatic carbocycles. The highest BCUT2D eigenvalue weighted by Gasteiger charge is 2.22. The van der Waals surface area contributed by atoms with Crippen molar-refractivity contribution in [2.75, 3.05) is 13.2 Å². The highest BCUT2D eigenvalue weighted by atomic mass is 16.5. The summed E-state index contributed by atoms with van der Waals surface area (Å²) in [4.78, 5) is 23.6. The summed E-state index contributed by atoms with van der Waals surface area (Å²) in [5, 5.41) is 2.96. The van der Waals surface area contributed by atoms with Crippen LogP contribution in [-0.2, 0) is 14.3 Å². The summed E-state index contributed by atoms with van der Waals surface area (Å²) in [6.45, 7) is 4.45. The van der Waals surface area contributed by atoms with Crippen LogP contribution in [0.4, 0.5) is 0 Å². The lowest BCUT2D eigenvalue weighted by Crippen LogP contribution is -2.42. The van der Waals surface area contributed by atoms with Gasteiger partial charge in [-0.3, -0.25) is 4.79 Å². The van der Waals surface area contributed by atoms with E-state index in [1.165, 1.54) is 12.5 Å². The number of carbonyl (C=O) groups is 2. The molecule has 1 amide bonds. The van der Waals surface area contributed by atoms with Gasteiger partial charge in [0.2, 0.25) is 0 Å². The highest BCUT2D eigenvalue weighted by Crippen LogP contribution is 2.23. The van der Waals surface area contributed by atoms with Crippen molar-refractivity contribution in [2.45, 2.75) is 45.6 Å². The maximum absolute atomic E-state index is 11.9. The molecule has 5 nitrogen and oxygen atoms in total. The van der Waals surface area contributed by atoms with E-state index in [0.29, 0.717) is 12.5 Å². The first-order valence-electron chi connectivity index (χ1n) is 8.95. The van der Waals surface area contributed by atoms with Gasteiger partial charge in [0.25, 0.3) is 5.91 Å². The third-order valence-corrected chi connectivity index (χ3v) is 4.41. The lowest BCUT2D eigenvalue weighted by atomic mass is 9.86. The van der Waals surface area contributed by atoms with Crippen LogP contribution >= 0.6 is 0 Å². The van der Waals surface area contributed by atoms with Gasteiger partial charge >= 0.3 is 5.97 Å². The average molecular weight is 345 g/mol. The minimum absolute atomic E-state index is 0.194. The number of amides is 1. The van der Waals surface area contributed by atoms with Crippen molar-refractivity contribution >= 4 is 18.0 Å². The molecular weight excluding hydrogens is 318 g/mol. The number of rotatable bonds is 7. The summed E-state index contributed by atoms with van der Waals surface area (Å²) >= 11 is 0. The first kappa shape index (κ1) is 19.0. The standard InChI is InChI=1S/C20H27NO4/c1-3-24-17-11-8-16(9-12-17)10-13-20(23)25-14-19(22)21-18-7-5-4-6-15(18)2/h8-13,15,18H,3-7,14H2,1-2H3,(H,21,22)/b13-10+/t15-,18+/m1/s1. The number of carbonyl (C=O) groups excluding carboxylic acids is 2. The van der Waals surface area contributed by atoms with Gasteiger partial charge in [-0.1, -0.05) is 31.9 Å². The van der Waals surface area contributed by atoms with Gasteiger partial charge in [-0.2, -0.15) is 0 Å². The molecular formula is C20H27NO4. The largest absolute Gasteiger partial charge is 0.494 e. The Hall–Kier alpha value is -2.30. The zero-order valence-corrected chi connectivity index (χ0v) is 15.0. The third-order valence-electron chi connectivity index (χ3n) is 4.41. The summed E-state index contributed by atoms with van der Waals surface area (Å²) in [6.07, 6.45) is 7.47. The fourth-order valence-electron chi connectivity index (χ4n) is 2.97. The van der Waals surface area contributed by atoms with Gasteiger partial charge < -0.3 is 14.8 Å². The molecule has 2 rings (SSSR count). The summed E-state index contributed by atoms with van der Waals surface area (Å²) in [5.41, 5.74) is 0.862. The van der Waals surface area contributed by atoms with Crippen molar-refractivity contribution in [2.24, 2.45) is 5.92 Å². The lowest BCUT2D eigenvalue weighted by Gasteiger charge is -2.29. The summed E-state index contributed by atoms with van der Waals surface area (Å²) in [6, 6.07) is 7.58. The second kappa shape index (κ2) is 9.87. The van der Waals surface area contributed by atoms with Crippen LogP contribution < -0.4 is 10.1 Å². The Kier molecular flexibility index (Phi) is 7.51. The van der Waals surface area contributed by atoms with E-state index < -0.39 is 5.97 Å². The molecule has 2 atom stereocenters. The van der Waals surface area contributed by atoms with E-state index in [1.54, 1.807) is 6.08 Å². The number of nitrogens with one attached hydrogen (secondary N) is 1. The molecule has 0 aliphatic heterocycles. The molecule has 0 radical (unpaired) electrons. The van der Waals surface area contributed by atoms with Crippen LogP contribution in [0.5, 0.6) is 5.75 Å². The molecule has 0 spiro atoms. The lowest BCUT2D eigenvalue weighted by molar-refractivity contribution is -0.144. The van der Waals surface area contributed by atoms with Crippen LogP contribution in [0.1, 0.15) is 45.1 Å². The molecule has 1 aromatic rings. The van der Waals surface area contributed by atoms with Crippen molar-refractivity contribution < 1.29 is 19.1 Å². The predicted molar refractivity (Wildman–Crippen MR) is 97.2 cm³/mol. The monoisotopic (exact) mass is 345 g/mol. The van der Waals surface area contributed by atoms with Gasteiger partial charge in [-0.05, 0) is 49.5 Å². The predicted octanol–water partition coefficient (Wildman–Crippen LogP) is 3.34. The van der Waals surface area contributed by atoms with E-state index in [2.05, 4.69) is 12.2 Å². The highest BCUT2D eigenvalue weighted by molar-refractivity contribution is 5.89. The Morgan fingerprint density at radius 2 is 1.92 bits per heavy atom. The Morgan fingerprint density at radius 3 is 2.60 bits per heavy atom. The van der Waals surface area contributed by atoms with Crippen molar-refractivity contribution in [3.05, 3.63) is 35.9 Å². The maximum atomic E-state index is 11.9. The number of ether oxygens (including phenoxy) is 2. The van der Waals surface area contributed by atoms with Crippen LogP contribution in [-0.4, -0.2) is 31.1 Å². The van der Waals surface area contributed by atoms with Crippen LogP contribution in [0.25, 0.3) is 6.08 Å². The zero-order valence-electron chi connectivity index (χ0n) is 15.0. The molecule has 136 valence electrons. The molecule has 0 unspecified atom stereocenters. The molecule has 0 saturated heterocycles. The van der Waals surface area contributed by atoms with Crippen molar-refractivity contribution in [1.29, 1.82) is 0 Å². The van der Waals surface area contributed by atoms with Crippen molar-refractivity contribution in [1.82, 2.24) is 5.32 Å². The van der Waals surface area contributed by atoms with Gasteiger partial charge in [-0.25, -0.2) is 4.79 Å². The minimum Gasteiger partial charge on any atom is -0.494 e. The molecule has 1 saturated carbocycles. The SMILES string of the molecule is CCOc1ccc(/C=C/C(=O)OCC(=O)N[C@H]2CCCC[C@H]2C)cc1. The van der Waals surface area contributed by atoms with E-state index in [9.17, 15) is 9.59 Å². The first-order chi connectivity index (χ1) is 12.1. The van der Waals surface area contributed by atoms with E-state index in [4.69, 9.17) is 9.47 Å². The van der Waals surface area contributed by atoms with Crippen LogP contribution in [0.3, 0.4) is 0 Å². The van der Waals surface area contributed by atoms with Gasteiger partial charge in [-0.15, -0.1) is 0 Å². The Labute approximate surface area is 149 Å². The average Bonchev–Trinajstić information content (AvgIpc) is 2.61. The first-order valence-corrected chi connectivity index (χ1v) is 8.95. The quantitative estimate of drug-likeness (QED) is 0.608. The van der Waals surface area contributed by atoms with Crippen LogP contribution in [0, 0.1) is 5.92 Å². The molecule has 1 fully saturated rings. The molecule has 1 N–H and O–H groups in total. The maximum Gasteiger partial charge on any atom is 0.331 e. The van der Waals surface area contributed by atoms with E-state index in [-0.39, 0.29) is 18.6 Å². The van der Waals surface area contributed by atoms with Gasteiger partial charge in [0.1, 0.15) is 5.75 Å². The van der Waals surface area contributed by atoms with E-state index in [1.807, 2.05) is 31.2 Å². The second-order valence-corrected chi connectivity index (χ2v) is 6.38. The minimum atomic E-state index is -0.527. The molecule has 1 aliphatic carbocycles. The Bertz CT molecular complexity index is 594. The fourth-order valence-corrected chi connectivity index (χ4v) is 2.97. The molecule has 5 heteroatoms. The topological polar surface area (TPSA) is 64.6 Å². The van der Waals surface area contributed by atoms with Crippen LogP contribution in [0.15, 0.2) is 30.3 Å². The molecule has 25 heavy (non-hydrogen) atoms. The molecule has 0 aromatic heterocycles. The molecule has 1 aliphatic rings. The van der Waals surface area contributed by atoms with Gasteiger partial charge in [0, 0.05) is 12.1 Å². The normalized spacial score (nSPS) is 20.2. The molecule has 0 bridgehead atoms. The Morgan fingerprint density at radius 1 is 1.20 bits per heavy atom. The zero-order chi connectivity index (χ0) is 18.1. The molecule has 0 heterocycles. The summed E-state index contributed by atoms with van der Waals surface area (Å²) in [7, 11) is 0. The number of hydrogen-bond acceptors (Lipinski definition) is 4. The van der Waals surface area contributed by atoms with Gasteiger partial charge in [0.15, 0.2) is 6.61 Å². The van der Waals surface area contributed by atoms with Gasteiger partial charge in [0.05, 0.1) is 6.61 Å². The van der Waals surface area contributed by atoms with E-state index >= 15 is 0 Å².